The SMILES string of the molecule is COc1cc(C(=O)NCC(O)c2ccc3c(c2)CCN3C)c([N+](=O)[O-])cc1OC. The monoisotopic (exact) mass is 401 g/mol. The average molecular weight is 401 g/mol. The Balaban J connectivity index is 1.76. The van der Waals surface area contributed by atoms with Crippen molar-refractivity contribution in [1.82, 2.24) is 5.32 Å². The number of anilines is 1. The molecule has 1 amide bonds. The first-order valence-electron chi connectivity index (χ1n) is 9.06. The van der Waals surface area contributed by atoms with E-state index in [1.165, 1.54) is 20.3 Å². The van der Waals surface area contributed by atoms with E-state index >= 15 is 0 Å². The van der Waals surface area contributed by atoms with E-state index in [1.807, 2.05) is 25.2 Å². The van der Waals surface area contributed by atoms with Crippen LogP contribution in [0.2, 0.25) is 0 Å². The van der Waals surface area contributed by atoms with Crippen LogP contribution in [0.1, 0.15) is 27.6 Å². The smallest absolute Gasteiger partial charge is 0.286 e. The Labute approximate surface area is 168 Å². The van der Waals surface area contributed by atoms with E-state index in [9.17, 15) is 20.0 Å². The lowest BCUT2D eigenvalue weighted by Gasteiger charge is -2.16. The number of carbonyl (C=O) groups excluding carboxylic acids is 1. The Bertz CT molecular complexity index is 946. The summed E-state index contributed by atoms with van der Waals surface area (Å²) in [5.74, 6) is -0.331. The fourth-order valence-corrected chi connectivity index (χ4v) is 3.40. The van der Waals surface area contributed by atoms with Gasteiger partial charge in [0.05, 0.1) is 31.3 Å². The van der Waals surface area contributed by atoms with Crippen LogP contribution in [-0.4, -0.2) is 50.3 Å². The van der Waals surface area contributed by atoms with Gasteiger partial charge in [0.1, 0.15) is 5.56 Å². The highest BCUT2D eigenvalue weighted by molar-refractivity contribution is 5.99. The first kappa shape index (κ1) is 20.4. The molecule has 0 radical (unpaired) electrons. The van der Waals surface area contributed by atoms with Gasteiger partial charge in [-0.15, -0.1) is 0 Å². The van der Waals surface area contributed by atoms with Crippen molar-refractivity contribution in [3.63, 3.8) is 0 Å². The molecule has 0 aromatic heterocycles. The van der Waals surface area contributed by atoms with Crippen LogP contribution < -0.4 is 19.7 Å². The Morgan fingerprint density at radius 1 is 1.28 bits per heavy atom. The Hall–Kier alpha value is -3.33. The largest absolute Gasteiger partial charge is 0.493 e. The summed E-state index contributed by atoms with van der Waals surface area (Å²) < 4.78 is 10.2. The van der Waals surface area contributed by atoms with Crippen molar-refractivity contribution in [2.45, 2.75) is 12.5 Å². The Morgan fingerprint density at radius 2 is 1.97 bits per heavy atom. The highest BCUT2D eigenvalue weighted by Gasteiger charge is 2.25. The molecular weight excluding hydrogens is 378 g/mol. The molecule has 0 spiro atoms. The molecule has 2 aromatic carbocycles. The maximum Gasteiger partial charge on any atom is 0.286 e. The third kappa shape index (κ3) is 4.09. The number of nitro groups is 1. The number of nitrogens with one attached hydrogen (secondary N) is 1. The number of hydrogen-bond donors (Lipinski definition) is 2. The van der Waals surface area contributed by atoms with Gasteiger partial charge in [-0.3, -0.25) is 14.9 Å². The predicted octanol–water partition coefficient (Wildman–Crippen LogP) is 2.07. The summed E-state index contributed by atoms with van der Waals surface area (Å²) in [6.07, 6.45) is -0.0364. The van der Waals surface area contributed by atoms with Crippen LogP contribution in [0.4, 0.5) is 11.4 Å². The quantitative estimate of drug-likeness (QED) is 0.539. The lowest BCUT2D eigenvalue weighted by atomic mass is 10.0. The molecular formula is C20H23N3O6. The lowest BCUT2D eigenvalue weighted by molar-refractivity contribution is -0.385. The molecule has 154 valence electrons. The van der Waals surface area contributed by atoms with Gasteiger partial charge in [0.25, 0.3) is 11.6 Å². The lowest BCUT2D eigenvalue weighted by Crippen LogP contribution is -2.29. The predicted molar refractivity (Wildman–Crippen MR) is 107 cm³/mol. The van der Waals surface area contributed by atoms with E-state index in [2.05, 4.69) is 10.2 Å². The zero-order valence-corrected chi connectivity index (χ0v) is 16.5. The molecule has 1 unspecified atom stereocenters. The Morgan fingerprint density at radius 3 is 2.62 bits per heavy atom. The molecule has 0 saturated carbocycles. The van der Waals surface area contributed by atoms with E-state index in [4.69, 9.17) is 9.47 Å². The van der Waals surface area contributed by atoms with Crippen LogP contribution in [0.5, 0.6) is 11.5 Å². The fourth-order valence-electron chi connectivity index (χ4n) is 3.40. The summed E-state index contributed by atoms with van der Waals surface area (Å²) in [5, 5.41) is 24.4. The van der Waals surface area contributed by atoms with Crippen molar-refractivity contribution in [3.8, 4) is 11.5 Å². The molecule has 0 saturated heterocycles. The molecule has 29 heavy (non-hydrogen) atoms. The minimum Gasteiger partial charge on any atom is -0.493 e. The minimum absolute atomic E-state index is 0.0844. The van der Waals surface area contributed by atoms with E-state index in [0.717, 1.165) is 30.3 Å². The zero-order valence-electron chi connectivity index (χ0n) is 16.5. The van der Waals surface area contributed by atoms with Crippen molar-refractivity contribution < 1.29 is 24.3 Å². The molecule has 1 aliphatic heterocycles. The van der Waals surface area contributed by atoms with Gasteiger partial charge in [-0.2, -0.15) is 0 Å². The number of nitrogens with zero attached hydrogens (tertiary/aromatic N) is 2. The van der Waals surface area contributed by atoms with Crippen LogP contribution in [0.3, 0.4) is 0 Å². The summed E-state index contributed by atoms with van der Waals surface area (Å²) in [5.41, 5.74) is 2.38. The topological polar surface area (TPSA) is 114 Å². The number of ether oxygens (including phenoxy) is 2. The number of rotatable bonds is 7. The average Bonchev–Trinajstić information content (AvgIpc) is 3.10. The summed E-state index contributed by atoms with van der Waals surface area (Å²) in [4.78, 5) is 25.4. The molecule has 1 heterocycles. The highest BCUT2D eigenvalue weighted by Crippen LogP contribution is 2.34. The number of carbonyl (C=O) groups is 1. The van der Waals surface area contributed by atoms with Gasteiger partial charge >= 0.3 is 0 Å². The van der Waals surface area contributed by atoms with Crippen molar-refractivity contribution >= 4 is 17.3 Å². The van der Waals surface area contributed by atoms with Gasteiger partial charge in [-0.25, -0.2) is 0 Å². The van der Waals surface area contributed by atoms with Gasteiger partial charge in [-0.1, -0.05) is 12.1 Å². The summed E-state index contributed by atoms with van der Waals surface area (Å²) in [6.45, 7) is 0.841. The third-order valence-electron chi connectivity index (χ3n) is 5.02. The summed E-state index contributed by atoms with van der Waals surface area (Å²) >= 11 is 0. The fraction of sp³-hybridized carbons (Fsp3) is 0.350. The Kier molecular flexibility index (Phi) is 5.88. The minimum atomic E-state index is -0.936. The normalized spacial score (nSPS) is 13.6. The second-order valence-electron chi connectivity index (χ2n) is 6.77. The molecule has 1 aliphatic rings. The van der Waals surface area contributed by atoms with Crippen molar-refractivity contribution in [3.05, 3.63) is 57.1 Å². The number of likely N-dealkylation sites (N-methyl/N-ethyl adjacent to an activating group) is 1. The van der Waals surface area contributed by atoms with Crippen LogP contribution >= 0.6 is 0 Å². The number of aliphatic hydroxyl groups excluding tert-OH is 1. The summed E-state index contributed by atoms with van der Waals surface area (Å²) in [6, 6.07) is 8.08. The molecule has 0 bridgehead atoms. The first-order chi connectivity index (χ1) is 13.8. The maximum absolute atomic E-state index is 12.6. The third-order valence-corrected chi connectivity index (χ3v) is 5.02. The molecule has 0 fully saturated rings. The van der Waals surface area contributed by atoms with E-state index < -0.39 is 22.6 Å². The van der Waals surface area contributed by atoms with Gasteiger partial charge in [-0.05, 0) is 23.6 Å². The number of amides is 1. The number of aliphatic hydroxyl groups is 1. The molecule has 9 nitrogen and oxygen atoms in total. The van der Waals surface area contributed by atoms with Crippen LogP contribution in [0.15, 0.2) is 30.3 Å². The van der Waals surface area contributed by atoms with Crippen molar-refractivity contribution in [1.29, 1.82) is 0 Å². The maximum atomic E-state index is 12.6. The van der Waals surface area contributed by atoms with Crippen LogP contribution in [0, 0.1) is 10.1 Å². The number of benzene rings is 2. The second-order valence-corrected chi connectivity index (χ2v) is 6.77. The zero-order chi connectivity index (χ0) is 21.1. The molecule has 1 atom stereocenters. The highest BCUT2D eigenvalue weighted by atomic mass is 16.6. The van der Waals surface area contributed by atoms with Crippen LogP contribution in [-0.2, 0) is 6.42 Å². The number of methoxy groups -OCH3 is 2. The van der Waals surface area contributed by atoms with Gasteiger partial charge in [0.15, 0.2) is 11.5 Å². The number of hydrogen-bond acceptors (Lipinski definition) is 7. The van der Waals surface area contributed by atoms with Crippen molar-refractivity contribution in [2.24, 2.45) is 0 Å². The van der Waals surface area contributed by atoms with Crippen LogP contribution in [0.25, 0.3) is 0 Å². The molecule has 9 heteroatoms. The van der Waals surface area contributed by atoms with E-state index in [1.54, 1.807) is 0 Å². The molecule has 2 N–H and O–H groups in total. The van der Waals surface area contributed by atoms with E-state index in [0.29, 0.717) is 5.56 Å². The second kappa shape index (κ2) is 8.36. The van der Waals surface area contributed by atoms with E-state index in [-0.39, 0.29) is 23.6 Å². The molecule has 0 aliphatic carbocycles. The molecule has 2 aromatic rings. The first-order valence-corrected chi connectivity index (χ1v) is 9.06. The number of fused-ring (bicyclic) bond motifs is 1. The van der Waals surface area contributed by atoms with Gasteiger partial charge in [0.2, 0.25) is 0 Å². The van der Waals surface area contributed by atoms with Crippen molar-refractivity contribution in [2.75, 3.05) is 39.3 Å². The standard InChI is InChI=1S/C20H23N3O6/c1-22-7-6-12-8-13(4-5-15(12)22)17(24)11-21-20(25)14-9-18(28-2)19(29-3)10-16(14)23(26)27/h4-5,8-10,17,24H,6-7,11H2,1-3H3,(H,21,25). The summed E-state index contributed by atoms with van der Waals surface area (Å²) in [7, 11) is 4.74. The molecule has 3 rings (SSSR count). The van der Waals surface area contributed by atoms with Gasteiger partial charge < -0.3 is 24.8 Å². The number of nitro benzene ring substituents is 1. The van der Waals surface area contributed by atoms with Gasteiger partial charge in [0, 0.05) is 31.9 Å².